The van der Waals surface area contributed by atoms with Gasteiger partial charge in [0.1, 0.15) is 0 Å². The molecular weight excluding hydrogens is 276 g/mol. The van der Waals surface area contributed by atoms with Gasteiger partial charge in [0, 0.05) is 0 Å². The van der Waals surface area contributed by atoms with Gasteiger partial charge in [-0.1, -0.05) is 6.08 Å². The molecule has 0 heterocycles. The van der Waals surface area contributed by atoms with Crippen molar-refractivity contribution in [1.82, 2.24) is 0 Å². The van der Waals surface area contributed by atoms with Gasteiger partial charge in [0.05, 0.1) is 16.7 Å². The van der Waals surface area contributed by atoms with Crippen LogP contribution >= 0.6 is 0 Å². The van der Waals surface area contributed by atoms with Crippen molar-refractivity contribution in [3.8, 4) is 0 Å². The van der Waals surface area contributed by atoms with Gasteiger partial charge in [-0.15, -0.1) is 0 Å². The number of rotatable bonds is 3. The SMILES string of the molecule is O=C(O)C1=CC(C(=O)O)=c2cc3c(cc21)=C(C(=O)O)C=C3. The molecule has 0 unspecified atom stereocenters. The average Bonchev–Trinajstić information content (AvgIpc) is 2.96. The van der Waals surface area contributed by atoms with E-state index in [0.29, 0.717) is 10.8 Å². The lowest BCUT2D eigenvalue weighted by Gasteiger charge is -2.01. The Morgan fingerprint density at radius 1 is 0.762 bits per heavy atom. The Bertz CT molecular complexity index is 914. The van der Waals surface area contributed by atoms with Crippen LogP contribution < -0.4 is 10.4 Å². The molecule has 1 aromatic rings. The summed E-state index contributed by atoms with van der Waals surface area (Å²) in [6.07, 6.45) is 4.07. The summed E-state index contributed by atoms with van der Waals surface area (Å²) < 4.78 is 0. The maximum absolute atomic E-state index is 11.2. The zero-order valence-electron chi connectivity index (χ0n) is 10.5. The van der Waals surface area contributed by atoms with E-state index >= 15 is 0 Å². The van der Waals surface area contributed by atoms with Crippen LogP contribution in [0.2, 0.25) is 0 Å². The Hall–Kier alpha value is -3.15. The van der Waals surface area contributed by atoms with E-state index in [-0.39, 0.29) is 27.5 Å². The molecule has 0 fully saturated rings. The van der Waals surface area contributed by atoms with Gasteiger partial charge in [-0.3, -0.25) is 0 Å². The lowest BCUT2D eigenvalue weighted by atomic mass is 10.0. The molecule has 0 atom stereocenters. The third-order valence-electron chi connectivity index (χ3n) is 3.47. The monoisotopic (exact) mass is 284 g/mol. The second-order valence-corrected chi connectivity index (χ2v) is 4.62. The largest absolute Gasteiger partial charge is 0.478 e. The molecule has 104 valence electrons. The summed E-state index contributed by atoms with van der Waals surface area (Å²) in [5.74, 6) is -3.60. The normalized spacial score (nSPS) is 14.8. The van der Waals surface area contributed by atoms with E-state index in [0.717, 1.165) is 6.08 Å². The predicted octanol–water partition coefficient (Wildman–Crippen LogP) is -0.334. The smallest absolute Gasteiger partial charge is 0.336 e. The maximum Gasteiger partial charge on any atom is 0.336 e. The van der Waals surface area contributed by atoms with Crippen molar-refractivity contribution < 1.29 is 29.7 Å². The van der Waals surface area contributed by atoms with Crippen molar-refractivity contribution in [2.45, 2.75) is 0 Å². The highest BCUT2D eigenvalue weighted by Crippen LogP contribution is 2.22. The Morgan fingerprint density at radius 3 is 2.00 bits per heavy atom. The lowest BCUT2D eigenvalue weighted by molar-refractivity contribution is -0.131. The number of carboxylic acid groups (broad SMARTS) is 3. The molecule has 3 N–H and O–H groups in total. The quantitative estimate of drug-likeness (QED) is 0.700. The first-order valence-corrected chi connectivity index (χ1v) is 5.93. The summed E-state index contributed by atoms with van der Waals surface area (Å²) in [5, 5.41) is 28.1. The predicted molar refractivity (Wildman–Crippen MR) is 72.4 cm³/mol. The van der Waals surface area contributed by atoms with Crippen LogP contribution in [0, 0.1) is 0 Å². The van der Waals surface area contributed by atoms with E-state index in [4.69, 9.17) is 15.3 Å². The summed E-state index contributed by atoms with van der Waals surface area (Å²) >= 11 is 0. The number of benzene rings is 1. The van der Waals surface area contributed by atoms with E-state index in [1.807, 2.05) is 0 Å². The van der Waals surface area contributed by atoms with Gasteiger partial charge in [0.2, 0.25) is 0 Å². The Balaban J connectivity index is 2.42. The number of hydrogen-bond acceptors (Lipinski definition) is 3. The molecule has 0 aromatic heterocycles. The molecule has 21 heavy (non-hydrogen) atoms. The van der Waals surface area contributed by atoms with Gasteiger partial charge in [0.25, 0.3) is 0 Å². The number of fused-ring (bicyclic) bond motifs is 2. The zero-order chi connectivity index (χ0) is 15.3. The summed E-state index contributed by atoms with van der Waals surface area (Å²) in [6.45, 7) is 0. The molecule has 1 aromatic carbocycles. The van der Waals surface area contributed by atoms with Crippen molar-refractivity contribution in [3.63, 3.8) is 0 Å². The molecule has 0 saturated heterocycles. The fourth-order valence-corrected chi connectivity index (χ4v) is 2.54. The highest BCUT2D eigenvalue weighted by Gasteiger charge is 2.25. The molecule has 6 nitrogen and oxygen atoms in total. The fourth-order valence-electron chi connectivity index (χ4n) is 2.54. The third-order valence-corrected chi connectivity index (χ3v) is 3.47. The summed E-state index contributed by atoms with van der Waals surface area (Å²) in [7, 11) is 0. The molecule has 0 amide bonds. The van der Waals surface area contributed by atoms with Crippen LogP contribution in [0.15, 0.2) is 24.3 Å². The number of carbonyl (C=O) groups is 3. The van der Waals surface area contributed by atoms with Gasteiger partial charge >= 0.3 is 17.9 Å². The lowest BCUT2D eigenvalue weighted by Crippen LogP contribution is -2.21. The summed E-state index contributed by atoms with van der Waals surface area (Å²) in [5.41, 5.74) is 0.580. The molecule has 3 rings (SSSR count). The minimum absolute atomic E-state index is 0.0568. The standard InChI is InChI=1S/C15H8O6/c16-13(17)7-2-1-6-3-9-10(4-8(6)7)12(15(20)21)5-11(9)14(18)19/h1-5H,(H,16,17)(H,18,19)(H,20,21). The zero-order valence-corrected chi connectivity index (χ0v) is 10.5. The second kappa shape index (κ2) is 4.17. The molecule has 2 aliphatic carbocycles. The minimum atomic E-state index is -1.25. The Labute approximate surface area is 117 Å². The average molecular weight is 284 g/mol. The number of hydrogen-bond donors (Lipinski definition) is 3. The van der Waals surface area contributed by atoms with Crippen molar-refractivity contribution in [2.75, 3.05) is 0 Å². The van der Waals surface area contributed by atoms with E-state index < -0.39 is 17.9 Å². The number of carboxylic acids is 3. The van der Waals surface area contributed by atoms with Crippen molar-refractivity contribution in [2.24, 2.45) is 0 Å². The van der Waals surface area contributed by atoms with Crippen LogP contribution in [-0.4, -0.2) is 33.2 Å². The molecular formula is C15H8O6. The van der Waals surface area contributed by atoms with E-state index in [1.165, 1.54) is 18.2 Å². The molecule has 0 saturated carbocycles. The molecule has 6 heteroatoms. The van der Waals surface area contributed by atoms with Crippen LogP contribution in [0.4, 0.5) is 0 Å². The second-order valence-electron chi connectivity index (χ2n) is 4.62. The Kier molecular flexibility index (Phi) is 2.56. The van der Waals surface area contributed by atoms with E-state index in [9.17, 15) is 14.4 Å². The van der Waals surface area contributed by atoms with Gasteiger partial charge in [-0.25, -0.2) is 14.4 Å². The summed E-state index contributed by atoms with van der Waals surface area (Å²) in [6, 6.07) is 2.93. The van der Waals surface area contributed by atoms with E-state index in [2.05, 4.69) is 0 Å². The van der Waals surface area contributed by atoms with Gasteiger partial charge in [-0.05, 0) is 45.8 Å². The van der Waals surface area contributed by atoms with Crippen molar-refractivity contribution in [3.05, 3.63) is 45.8 Å². The molecule has 2 aliphatic rings. The third kappa shape index (κ3) is 1.77. The van der Waals surface area contributed by atoms with Crippen LogP contribution in [-0.2, 0) is 14.4 Å². The fraction of sp³-hybridized carbons (Fsp3) is 0. The molecule has 0 aliphatic heterocycles. The van der Waals surface area contributed by atoms with Crippen molar-refractivity contribution >= 4 is 40.7 Å². The highest BCUT2D eigenvalue weighted by atomic mass is 16.4. The van der Waals surface area contributed by atoms with Crippen LogP contribution in [0.1, 0.15) is 11.1 Å². The summed E-state index contributed by atoms with van der Waals surface area (Å²) in [4.78, 5) is 33.6. The van der Waals surface area contributed by atoms with Gasteiger partial charge < -0.3 is 15.3 Å². The first-order valence-electron chi connectivity index (χ1n) is 5.93. The van der Waals surface area contributed by atoms with E-state index in [1.54, 1.807) is 6.08 Å². The highest BCUT2D eigenvalue weighted by molar-refractivity contribution is 6.27. The Morgan fingerprint density at radius 2 is 1.43 bits per heavy atom. The van der Waals surface area contributed by atoms with Crippen molar-refractivity contribution in [1.29, 1.82) is 0 Å². The number of aliphatic carboxylic acids is 3. The minimum Gasteiger partial charge on any atom is -0.478 e. The molecule has 0 radical (unpaired) electrons. The van der Waals surface area contributed by atoms with Gasteiger partial charge in [0.15, 0.2) is 0 Å². The van der Waals surface area contributed by atoms with Crippen LogP contribution in [0.3, 0.4) is 0 Å². The first-order chi connectivity index (χ1) is 9.90. The van der Waals surface area contributed by atoms with Crippen LogP contribution in [0.25, 0.3) is 22.8 Å². The maximum atomic E-state index is 11.2. The molecule has 0 bridgehead atoms. The first kappa shape index (κ1) is 12.9. The molecule has 0 spiro atoms. The topological polar surface area (TPSA) is 112 Å². The van der Waals surface area contributed by atoms with Crippen LogP contribution in [0.5, 0.6) is 0 Å². The van der Waals surface area contributed by atoms with Gasteiger partial charge in [-0.2, -0.15) is 0 Å².